The average Bonchev–Trinajstić information content (AvgIpc) is 3.37. The number of rotatable bonds is 9. The molecule has 43 heavy (non-hydrogen) atoms. The van der Waals surface area contributed by atoms with Gasteiger partial charge in [0.25, 0.3) is 0 Å². The fourth-order valence-corrected chi connectivity index (χ4v) is 6.23. The van der Waals surface area contributed by atoms with Gasteiger partial charge in [-0.05, 0) is 60.9 Å². The summed E-state index contributed by atoms with van der Waals surface area (Å²) in [6.45, 7) is 4.82. The van der Waals surface area contributed by atoms with Crippen LogP contribution in [-0.4, -0.2) is 67.3 Å². The maximum absolute atomic E-state index is 13.9. The standard InChI is InChI=1S/C35H49N3O5/c1-5-7-15-25(6-2)35(41)38(3)31-16-11-12-19-43-33-22-29(28-21-26(42-4)17-18-27(28)33)36-23-32(39)30(37-34(31)40)20-24-13-9-8-10-14-24/h8-14,17-18,21,25,29-33,36,39H,5-7,15-16,19-20,22-23H2,1-4H3,(H,37,40)/b12-11-/t25?,29-,30-,31-,32+,33+/m0/s1. The second kappa shape index (κ2) is 16.0. The van der Waals surface area contributed by atoms with Gasteiger partial charge in [-0.2, -0.15) is 0 Å². The van der Waals surface area contributed by atoms with E-state index in [0.29, 0.717) is 19.4 Å². The number of likely N-dealkylation sites (N-methyl/N-ethyl adjacent to an activating group) is 1. The molecule has 1 heterocycles. The molecule has 2 bridgehead atoms. The van der Waals surface area contributed by atoms with Gasteiger partial charge in [0.15, 0.2) is 0 Å². The quantitative estimate of drug-likeness (QED) is 0.360. The van der Waals surface area contributed by atoms with Crippen molar-refractivity contribution >= 4 is 11.8 Å². The number of aliphatic hydroxyl groups excluding tert-OH is 1. The molecule has 0 radical (unpaired) electrons. The van der Waals surface area contributed by atoms with Gasteiger partial charge in [-0.15, -0.1) is 0 Å². The van der Waals surface area contributed by atoms with Gasteiger partial charge < -0.3 is 30.1 Å². The maximum Gasteiger partial charge on any atom is 0.243 e. The van der Waals surface area contributed by atoms with E-state index in [4.69, 9.17) is 9.47 Å². The van der Waals surface area contributed by atoms with E-state index >= 15 is 0 Å². The molecule has 0 aromatic heterocycles. The first-order valence-corrected chi connectivity index (χ1v) is 15.8. The highest BCUT2D eigenvalue weighted by atomic mass is 16.5. The van der Waals surface area contributed by atoms with Crippen LogP contribution in [0.1, 0.15) is 81.2 Å². The zero-order valence-corrected chi connectivity index (χ0v) is 26.1. The summed E-state index contributed by atoms with van der Waals surface area (Å²) >= 11 is 0. The number of unbranched alkanes of at least 4 members (excludes halogenated alkanes) is 1. The fourth-order valence-electron chi connectivity index (χ4n) is 6.23. The molecule has 8 heteroatoms. The van der Waals surface area contributed by atoms with Gasteiger partial charge in [-0.1, -0.05) is 75.2 Å². The van der Waals surface area contributed by atoms with E-state index < -0.39 is 18.2 Å². The molecule has 2 aromatic rings. The molecule has 1 unspecified atom stereocenters. The average molecular weight is 592 g/mol. The minimum absolute atomic E-state index is 0.00941. The molecule has 0 fully saturated rings. The van der Waals surface area contributed by atoms with Gasteiger partial charge in [0, 0.05) is 25.6 Å². The van der Waals surface area contributed by atoms with Crippen molar-refractivity contribution in [3.05, 3.63) is 77.4 Å². The predicted molar refractivity (Wildman–Crippen MR) is 169 cm³/mol. The Hall–Kier alpha value is -3.20. The molecule has 4 rings (SSSR count). The number of benzene rings is 2. The minimum atomic E-state index is -0.867. The van der Waals surface area contributed by atoms with Crippen molar-refractivity contribution in [3.8, 4) is 5.75 Å². The van der Waals surface area contributed by atoms with Crippen molar-refractivity contribution < 1.29 is 24.2 Å². The van der Waals surface area contributed by atoms with Gasteiger partial charge in [-0.25, -0.2) is 0 Å². The largest absolute Gasteiger partial charge is 0.497 e. The third-order valence-electron chi connectivity index (χ3n) is 8.92. The lowest BCUT2D eigenvalue weighted by Gasteiger charge is -2.32. The Bertz CT molecular complexity index is 1220. The second-order valence-electron chi connectivity index (χ2n) is 11.8. The summed E-state index contributed by atoms with van der Waals surface area (Å²) in [5.41, 5.74) is 3.23. The number of hydrogen-bond acceptors (Lipinski definition) is 6. The van der Waals surface area contributed by atoms with Crippen LogP contribution >= 0.6 is 0 Å². The predicted octanol–water partition coefficient (Wildman–Crippen LogP) is 4.88. The van der Waals surface area contributed by atoms with E-state index in [1.165, 1.54) is 0 Å². The topological polar surface area (TPSA) is 100 Å². The van der Waals surface area contributed by atoms with Gasteiger partial charge in [-0.3, -0.25) is 9.59 Å². The molecule has 1 aliphatic carbocycles. The van der Waals surface area contributed by atoms with E-state index in [1.54, 1.807) is 19.1 Å². The first-order chi connectivity index (χ1) is 20.9. The van der Waals surface area contributed by atoms with Crippen molar-refractivity contribution in [1.29, 1.82) is 0 Å². The molecule has 8 nitrogen and oxygen atoms in total. The number of aliphatic hydroxyl groups is 1. The van der Waals surface area contributed by atoms with Crippen molar-refractivity contribution in [1.82, 2.24) is 15.5 Å². The SMILES string of the molecule is CCCCC(CC)C(=O)N(C)[C@H]1C/C=C\CO[C@@H]2C[C@H](NC[C@@H](O)[C@H](Cc3ccccc3)NC1=O)c1cc(OC)ccc12. The van der Waals surface area contributed by atoms with Crippen molar-refractivity contribution in [2.24, 2.45) is 5.92 Å². The molecular weight excluding hydrogens is 542 g/mol. The highest BCUT2D eigenvalue weighted by Crippen LogP contribution is 2.42. The smallest absolute Gasteiger partial charge is 0.243 e. The Balaban J connectivity index is 1.62. The molecule has 1 aliphatic heterocycles. The highest BCUT2D eigenvalue weighted by Gasteiger charge is 2.35. The first-order valence-electron chi connectivity index (χ1n) is 15.8. The number of carbonyl (C=O) groups is 2. The van der Waals surface area contributed by atoms with Crippen molar-refractivity contribution in [3.63, 3.8) is 0 Å². The van der Waals surface area contributed by atoms with Crippen LogP contribution in [0, 0.1) is 5.92 Å². The van der Waals surface area contributed by atoms with E-state index in [2.05, 4.69) is 23.6 Å². The molecule has 3 N–H and O–H groups in total. The van der Waals surface area contributed by atoms with Gasteiger partial charge in [0.05, 0.1) is 32.0 Å². The van der Waals surface area contributed by atoms with Crippen LogP contribution in [0.25, 0.3) is 0 Å². The first kappa shape index (κ1) is 32.7. The summed E-state index contributed by atoms with van der Waals surface area (Å²) in [5.74, 6) is 0.383. The molecule has 2 amide bonds. The Morgan fingerprint density at radius 2 is 1.93 bits per heavy atom. The van der Waals surface area contributed by atoms with Crippen LogP contribution < -0.4 is 15.4 Å². The number of hydrogen-bond donors (Lipinski definition) is 3. The number of nitrogens with one attached hydrogen (secondary N) is 2. The summed E-state index contributed by atoms with van der Waals surface area (Å²) < 4.78 is 11.8. The number of carbonyl (C=O) groups excluding carboxylic acids is 2. The van der Waals surface area contributed by atoms with Crippen LogP contribution in [0.4, 0.5) is 0 Å². The number of fused-ring (bicyclic) bond motifs is 5. The maximum atomic E-state index is 13.9. The molecule has 2 aromatic carbocycles. The molecule has 0 saturated heterocycles. The molecule has 2 aliphatic rings. The summed E-state index contributed by atoms with van der Waals surface area (Å²) in [6, 6.07) is 14.6. The summed E-state index contributed by atoms with van der Waals surface area (Å²) in [5, 5.41) is 18.2. The molecule has 234 valence electrons. The third kappa shape index (κ3) is 8.46. The molecule has 6 atom stereocenters. The molecule has 0 saturated carbocycles. The van der Waals surface area contributed by atoms with E-state index in [1.807, 2.05) is 61.5 Å². The van der Waals surface area contributed by atoms with Gasteiger partial charge in [0.2, 0.25) is 11.8 Å². The van der Waals surface area contributed by atoms with E-state index in [0.717, 1.165) is 54.5 Å². The lowest BCUT2D eigenvalue weighted by molar-refractivity contribution is -0.142. The Labute approximate surface area is 256 Å². The molecule has 0 spiro atoms. The van der Waals surface area contributed by atoms with Crippen LogP contribution in [0.5, 0.6) is 5.75 Å². The van der Waals surface area contributed by atoms with Gasteiger partial charge in [0.1, 0.15) is 11.8 Å². The molecular formula is C35H49N3O5. The minimum Gasteiger partial charge on any atom is -0.497 e. The number of methoxy groups -OCH3 is 1. The van der Waals surface area contributed by atoms with E-state index in [-0.39, 0.29) is 36.4 Å². The summed E-state index contributed by atoms with van der Waals surface area (Å²) in [7, 11) is 3.39. The summed E-state index contributed by atoms with van der Waals surface area (Å²) in [6.07, 6.45) is 7.99. The zero-order chi connectivity index (χ0) is 30.8. The van der Waals surface area contributed by atoms with Gasteiger partial charge >= 0.3 is 0 Å². The highest BCUT2D eigenvalue weighted by molar-refractivity contribution is 5.88. The number of ether oxygens (including phenoxy) is 2. The van der Waals surface area contributed by atoms with E-state index in [9.17, 15) is 14.7 Å². The van der Waals surface area contributed by atoms with Crippen LogP contribution in [0.3, 0.4) is 0 Å². The lowest BCUT2D eigenvalue weighted by Crippen LogP contribution is -2.55. The zero-order valence-electron chi connectivity index (χ0n) is 26.1. The van der Waals surface area contributed by atoms with Crippen molar-refractivity contribution in [2.75, 3.05) is 27.3 Å². The fraction of sp³-hybridized carbons (Fsp3) is 0.543. The number of nitrogens with zero attached hydrogens (tertiary/aromatic N) is 1. The number of β-amino-alcohol motifs (C(OH)–C–C–N with tert-alkyl or cyclic N) is 1. The van der Waals surface area contributed by atoms with Crippen LogP contribution in [0.2, 0.25) is 0 Å². The lowest BCUT2D eigenvalue weighted by atomic mass is 9.96. The third-order valence-corrected chi connectivity index (χ3v) is 8.92. The Kier molecular flexibility index (Phi) is 12.2. The number of amides is 2. The van der Waals surface area contributed by atoms with Crippen LogP contribution in [0.15, 0.2) is 60.7 Å². The normalized spacial score (nSPS) is 25.9. The monoisotopic (exact) mass is 591 g/mol. The summed E-state index contributed by atoms with van der Waals surface area (Å²) in [4.78, 5) is 29.1. The van der Waals surface area contributed by atoms with Crippen LogP contribution in [-0.2, 0) is 20.7 Å². The second-order valence-corrected chi connectivity index (χ2v) is 11.8. The Morgan fingerprint density at radius 3 is 2.65 bits per heavy atom. The van der Waals surface area contributed by atoms with Crippen molar-refractivity contribution in [2.45, 2.75) is 89.1 Å². The Morgan fingerprint density at radius 1 is 1.14 bits per heavy atom.